The average molecular weight is 238 g/mol. The molecule has 6 nitrogen and oxygen atoms in total. The largest absolute Gasteiger partial charge is 0.291 e. The standard InChI is InChI=1S/C9H8ClN5O/c1-15-9(12-5-13-15)14-8(16)6-3-2-4-11-7(6)10/h2-5H,1H3,(H,12,13,14,16). The molecule has 2 aromatic rings. The van der Waals surface area contributed by atoms with Crippen molar-refractivity contribution in [1.82, 2.24) is 19.7 Å². The van der Waals surface area contributed by atoms with Crippen LogP contribution in [0.3, 0.4) is 0 Å². The molecule has 0 saturated heterocycles. The van der Waals surface area contributed by atoms with Gasteiger partial charge in [-0.2, -0.15) is 10.1 Å². The fourth-order valence-corrected chi connectivity index (χ4v) is 1.34. The van der Waals surface area contributed by atoms with Gasteiger partial charge in [-0.05, 0) is 12.1 Å². The Kier molecular flexibility index (Phi) is 2.82. The van der Waals surface area contributed by atoms with Crippen molar-refractivity contribution in [1.29, 1.82) is 0 Å². The van der Waals surface area contributed by atoms with Crippen molar-refractivity contribution in [3.8, 4) is 0 Å². The number of nitrogens with zero attached hydrogens (tertiary/aromatic N) is 4. The first-order chi connectivity index (χ1) is 7.68. The third-order valence-corrected chi connectivity index (χ3v) is 2.24. The van der Waals surface area contributed by atoms with E-state index in [1.54, 1.807) is 19.2 Å². The molecule has 0 spiro atoms. The number of carbonyl (C=O) groups excluding carboxylic acids is 1. The van der Waals surface area contributed by atoms with E-state index in [0.29, 0.717) is 11.5 Å². The number of nitrogens with one attached hydrogen (secondary N) is 1. The van der Waals surface area contributed by atoms with Gasteiger partial charge in [0.1, 0.15) is 11.5 Å². The summed E-state index contributed by atoms with van der Waals surface area (Å²) in [4.78, 5) is 19.4. The Labute approximate surface area is 96.3 Å². The Morgan fingerprint density at radius 1 is 1.50 bits per heavy atom. The van der Waals surface area contributed by atoms with Crippen LogP contribution in [0.25, 0.3) is 0 Å². The molecule has 0 aromatic carbocycles. The lowest BCUT2D eigenvalue weighted by Crippen LogP contribution is -2.16. The minimum absolute atomic E-state index is 0.155. The van der Waals surface area contributed by atoms with Gasteiger partial charge < -0.3 is 0 Å². The van der Waals surface area contributed by atoms with E-state index >= 15 is 0 Å². The van der Waals surface area contributed by atoms with Gasteiger partial charge in [0, 0.05) is 13.2 Å². The lowest BCUT2D eigenvalue weighted by atomic mass is 10.3. The topological polar surface area (TPSA) is 72.7 Å². The number of anilines is 1. The van der Waals surface area contributed by atoms with Gasteiger partial charge in [0.15, 0.2) is 0 Å². The van der Waals surface area contributed by atoms with E-state index in [-0.39, 0.29) is 11.1 Å². The van der Waals surface area contributed by atoms with Crippen LogP contribution in [0.15, 0.2) is 24.7 Å². The molecule has 0 atom stereocenters. The lowest BCUT2D eigenvalue weighted by Gasteiger charge is -2.04. The van der Waals surface area contributed by atoms with E-state index in [4.69, 9.17) is 11.6 Å². The molecule has 0 fully saturated rings. The van der Waals surface area contributed by atoms with E-state index < -0.39 is 0 Å². The second-order valence-electron chi connectivity index (χ2n) is 3.00. The molecule has 0 aliphatic carbocycles. The summed E-state index contributed by atoms with van der Waals surface area (Å²) in [5.41, 5.74) is 0.298. The molecule has 0 bridgehead atoms. The second-order valence-corrected chi connectivity index (χ2v) is 3.36. The van der Waals surface area contributed by atoms with Crippen molar-refractivity contribution in [3.63, 3.8) is 0 Å². The highest BCUT2D eigenvalue weighted by Crippen LogP contribution is 2.13. The highest BCUT2D eigenvalue weighted by molar-refractivity contribution is 6.33. The van der Waals surface area contributed by atoms with Crippen LogP contribution in [0, 0.1) is 0 Å². The Morgan fingerprint density at radius 3 is 2.94 bits per heavy atom. The van der Waals surface area contributed by atoms with Gasteiger partial charge in [-0.15, -0.1) is 0 Å². The van der Waals surface area contributed by atoms with E-state index in [0.717, 1.165) is 0 Å². The molecule has 0 radical (unpaired) electrons. The third kappa shape index (κ3) is 2.01. The van der Waals surface area contributed by atoms with Crippen LogP contribution in [0.1, 0.15) is 10.4 Å². The monoisotopic (exact) mass is 237 g/mol. The molecule has 2 aromatic heterocycles. The van der Waals surface area contributed by atoms with Crippen molar-refractivity contribution < 1.29 is 4.79 Å². The first-order valence-electron chi connectivity index (χ1n) is 4.44. The number of aryl methyl sites for hydroxylation is 1. The van der Waals surface area contributed by atoms with Gasteiger partial charge >= 0.3 is 0 Å². The Morgan fingerprint density at radius 2 is 2.31 bits per heavy atom. The zero-order valence-electron chi connectivity index (χ0n) is 8.38. The summed E-state index contributed by atoms with van der Waals surface area (Å²) in [6.45, 7) is 0. The molecule has 16 heavy (non-hydrogen) atoms. The van der Waals surface area contributed by atoms with Crippen LogP contribution in [-0.4, -0.2) is 25.7 Å². The van der Waals surface area contributed by atoms with Gasteiger partial charge in [0.25, 0.3) is 5.91 Å². The van der Waals surface area contributed by atoms with Gasteiger partial charge in [-0.25, -0.2) is 9.67 Å². The molecule has 2 heterocycles. The number of rotatable bonds is 2. The molecular weight excluding hydrogens is 230 g/mol. The number of pyridine rings is 1. The van der Waals surface area contributed by atoms with E-state index in [1.807, 2.05) is 0 Å². The summed E-state index contributed by atoms with van der Waals surface area (Å²) < 4.78 is 1.45. The smallest absolute Gasteiger partial charge is 0.261 e. The lowest BCUT2D eigenvalue weighted by molar-refractivity contribution is 0.102. The maximum Gasteiger partial charge on any atom is 0.261 e. The van der Waals surface area contributed by atoms with Gasteiger partial charge in [-0.3, -0.25) is 10.1 Å². The summed E-state index contributed by atoms with van der Waals surface area (Å²) in [6.07, 6.45) is 2.86. The third-order valence-electron chi connectivity index (χ3n) is 1.94. The minimum Gasteiger partial charge on any atom is -0.291 e. The molecular formula is C9H8ClN5O. The quantitative estimate of drug-likeness (QED) is 0.795. The highest BCUT2D eigenvalue weighted by Gasteiger charge is 2.12. The molecule has 2 rings (SSSR count). The summed E-state index contributed by atoms with van der Waals surface area (Å²) in [6, 6.07) is 3.22. The van der Waals surface area contributed by atoms with Crippen molar-refractivity contribution in [2.24, 2.45) is 7.05 Å². The fraction of sp³-hybridized carbons (Fsp3) is 0.111. The average Bonchev–Trinajstić information content (AvgIpc) is 2.65. The number of carbonyl (C=O) groups is 1. The molecule has 0 unspecified atom stereocenters. The first kappa shape index (κ1) is 10.6. The Hall–Kier alpha value is -1.95. The maximum absolute atomic E-state index is 11.8. The van der Waals surface area contributed by atoms with Crippen LogP contribution in [-0.2, 0) is 7.05 Å². The highest BCUT2D eigenvalue weighted by atomic mass is 35.5. The maximum atomic E-state index is 11.8. The summed E-state index contributed by atoms with van der Waals surface area (Å²) in [5, 5.41) is 6.56. The SMILES string of the molecule is Cn1ncnc1NC(=O)c1cccnc1Cl. The molecule has 0 saturated carbocycles. The Bertz CT molecular complexity index is 524. The van der Waals surface area contributed by atoms with E-state index in [9.17, 15) is 4.79 Å². The zero-order valence-corrected chi connectivity index (χ0v) is 9.14. The number of hydrogen-bond donors (Lipinski definition) is 1. The summed E-state index contributed by atoms with van der Waals surface area (Å²) in [7, 11) is 1.67. The molecule has 82 valence electrons. The van der Waals surface area contributed by atoms with Crippen LogP contribution in [0.4, 0.5) is 5.95 Å². The van der Waals surface area contributed by atoms with Crippen LogP contribution in [0.5, 0.6) is 0 Å². The van der Waals surface area contributed by atoms with Crippen molar-refractivity contribution in [2.75, 3.05) is 5.32 Å². The van der Waals surface area contributed by atoms with Crippen LogP contribution in [0.2, 0.25) is 5.15 Å². The predicted octanol–water partition coefficient (Wildman–Crippen LogP) is 1.12. The van der Waals surface area contributed by atoms with Crippen LogP contribution >= 0.6 is 11.6 Å². The van der Waals surface area contributed by atoms with E-state index in [2.05, 4.69) is 20.4 Å². The normalized spacial score (nSPS) is 10.1. The van der Waals surface area contributed by atoms with E-state index in [1.165, 1.54) is 17.2 Å². The molecule has 1 amide bonds. The fourth-order valence-electron chi connectivity index (χ4n) is 1.13. The van der Waals surface area contributed by atoms with Crippen LogP contribution < -0.4 is 5.32 Å². The Balaban J connectivity index is 2.22. The second kappa shape index (κ2) is 4.28. The van der Waals surface area contributed by atoms with Gasteiger partial charge in [0.05, 0.1) is 5.56 Å². The van der Waals surface area contributed by atoms with Crippen molar-refractivity contribution in [2.45, 2.75) is 0 Å². The summed E-state index contributed by atoms with van der Waals surface area (Å²) in [5.74, 6) is -0.0147. The number of amides is 1. The first-order valence-corrected chi connectivity index (χ1v) is 4.82. The molecule has 1 N–H and O–H groups in total. The zero-order chi connectivity index (χ0) is 11.5. The van der Waals surface area contributed by atoms with Crippen molar-refractivity contribution in [3.05, 3.63) is 35.4 Å². The predicted molar refractivity (Wildman–Crippen MR) is 58.2 cm³/mol. The molecule has 0 aliphatic heterocycles. The van der Waals surface area contributed by atoms with Gasteiger partial charge in [0.2, 0.25) is 5.95 Å². The number of halogens is 1. The number of aromatic nitrogens is 4. The van der Waals surface area contributed by atoms with Crippen molar-refractivity contribution >= 4 is 23.5 Å². The number of hydrogen-bond acceptors (Lipinski definition) is 4. The minimum atomic E-state index is -0.366. The summed E-state index contributed by atoms with van der Waals surface area (Å²) >= 11 is 5.78. The molecule has 0 aliphatic rings. The molecule has 7 heteroatoms. The van der Waals surface area contributed by atoms with Gasteiger partial charge in [-0.1, -0.05) is 11.6 Å².